The number of fused-ring (bicyclic) bond motifs is 8. The number of benzene rings is 4. The zero-order valence-electron chi connectivity index (χ0n) is 22.4. The van der Waals surface area contributed by atoms with Crippen molar-refractivity contribution in [2.24, 2.45) is 0 Å². The second-order valence-electron chi connectivity index (χ2n) is 10.5. The third kappa shape index (κ3) is 3.28. The number of aromatic nitrogens is 5. The van der Waals surface area contributed by atoms with E-state index in [0.29, 0.717) is 0 Å². The van der Waals surface area contributed by atoms with Gasteiger partial charge in [-0.2, -0.15) is 0 Å². The minimum Gasteiger partial charge on any atom is -0.256 e. The molecule has 0 N–H and O–H groups in total. The summed E-state index contributed by atoms with van der Waals surface area (Å²) in [5, 5.41) is 6.45. The second kappa shape index (κ2) is 8.85. The van der Waals surface area contributed by atoms with Crippen LogP contribution in [0, 0.1) is 0 Å². The van der Waals surface area contributed by atoms with Crippen LogP contribution in [0.1, 0.15) is 0 Å². The lowest BCUT2D eigenvalue weighted by Crippen LogP contribution is -1.94. The van der Waals surface area contributed by atoms with E-state index in [1.807, 2.05) is 49.1 Å². The fourth-order valence-electron chi connectivity index (χ4n) is 6.38. The van der Waals surface area contributed by atoms with Gasteiger partial charge >= 0.3 is 0 Å². The molecule has 0 aliphatic rings. The van der Waals surface area contributed by atoms with Gasteiger partial charge in [-0.1, -0.05) is 72.8 Å². The van der Waals surface area contributed by atoms with Gasteiger partial charge in [0.1, 0.15) is 0 Å². The Morgan fingerprint density at radius 3 is 1.76 bits per heavy atom. The summed E-state index contributed by atoms with van der Waals surface area (Å²) < 4.78 is 0. The Hall–Kier alpha value is -5.81. The molecule has 5 aromatic heterocycles. The average Bonchev–Trinajstić information content (AvgIpc) is 3.06. The van der Waals surface area contributed by atoms with Gasteiger partial charge < -0.3 is 0 Å². The highest BCUT2D eigenvalue weighted by molar-refractivity contribution is 6.20. The fraction of sp³-hybridized carbons (Fsp3) is 0. The Labute approximate surface area is 240 Å². The first kappa shape index (κ1) is 22.9. The van der Waals surface area contributed by atoms with Gasteiger partial charge in [-0.15, -0.1) is 0 Å². The van der Waals surface area contributed by atoms with E-state index in [2.05, 4.69) is 83.8 Å². The molecule has 0 aliphatic heterocycles. The van der Waals surface area contributed by atoms with Gasteiger partial charge in [0.05, 0.1) is 33.1 Å². The molecule has 0 saturated carbocycles. The van der Waals surface area contributed by atoms with Crippen LogP contribution in [0.25, 0.3) is 87.7 Å². The highest BCUT2D eigenvalue weighted by atomic mass is 14.8. The Kier molecular flexibility index (Phi) is 4.83. The van der Waals surface area contributed by atoms with Crippen LogP contribution in [-0.4, -0.2) is 24.9 Å². The van der Waals surface area contributed by atoms with E-state index in [1.165, 1.54) is 0 Å². The molecule has 9 aromatic rings. The number of rotatable bonds is 2. The van der Waals surface area contributed by atoms with E-state index in [0.717, 1.165) is 87.7 Å². The van der Waals surface area contributed by atoms with Crippen molar-refractivity contribution in [3.8, 4) is 22.3 Å². The molecular weight excluding hydrogens is 514 g/mol. The van der Waals surface area contributed by atoms with Crippen molar-refractivity contribution >= 4 is 65.4 Å². The van der Waals surface area contributed by atoms with E-state index < -0.39 is 0 Å². The molecule has 5 nitrogen and oxygen atoms in total. The van der Waals surface area contributed by atoms with Crippen LogP contribution >= 0.6 is 0 Å². The number of hydrogen-bond acceptors (Lipinski definition) is 5. The lowest BCUT2D eigenvalue weighted by molar-refractivity contribution is 1.37. The molecule has 0 spiro atoms. The van der Waals surface area contributed by atoms with Gasteiger partial charge in [0.15, 0.2) is 0 Å². The molecule has 5 heteroatoms. The average molecular weight is 536 g/mol. The first-order chi connectivity index (χ1) is 20.8. The molecule has 0 amide bonds. The zero-order valence-corrected chi connectivity index (χ0v) is 22.4. The van der Waals surface area contributed by atoms with Crippen molar-refractivity contribution < 1.29 is 0 Å². The topological polar surface area (TPSA) is 64.5 Å². The number of para-hydroxylation sites is 1. The van der Waals surface area contributed by atoms with Gasteiger partial charge in [-0.3, -0.25) is 19.9 Å². The smallest absolute Gasteiger partial charge is 0.0978 e. The van der Waals surface area contributed by atoms with Gasteiger partial charge in [0.2, 0.25) is 0 Å². The number of nitrogens with zero attached hydrogens (tertiary/aromatic N) is 5. The van der Waals surface area contributed by atoms with E-state index >= 15 is 0 Å². The van der Waals surface area contributed by atoms with Crippen molar-refractivity contribution in [3.05, 3.63) is 128 Å². The lowest BCUT2D eigenvalue weighted by atomic mass is 9.90. The van der Waals surface area contributed by atoms with Gasteiger partial charge in [-0.25, -0.2) is 4.98 Å². The van der Waals surface area contributed by atoms with Gasteiger partial charge in [-0.05, 0) is 41.5 Å². The summed E-state index contributed by atoms with van der Waals surface area (Å²) in [4.78, 5) is 24.2. The van der Waals surface area contributed by atoms with Gasteiger partial charge in [0.25, 0.3) is 0 Å². The third-order valence-corrected chi connectivity index (χ3v) is 8.23. The molecule has 4 aromatic carbocycles. The Bertz CT molecular complexity index is 2540. The van der Waals surface area contributed by atoms with E-state index in [4.69, 9.17) is 19.9 Å². The summed E-state index contributed by atoms with van der Waals surface area (Å²) in [6.45, 7) is 0. The maximum Gasteiger partial charge on any atom is 0.0978 e. The molecule has 0 unspecified atom stereocenters. The third-order valence-electron chi connectivity index (χ3n) is 8.23. The summed E-state index contributed by atoms with van der Waals surface area (Å²) >= 11 is 0. The van der Waals surface area contributed by atoms with Crippen LogP contribution in [0.3, 0.4) is 0 Å². The van der Waals surface area contributed by atoms with Crippen LogP contribution in [0.4, 0.5) is 0 Å². The monoisotopic (exact) mass is 535 g/mol. The Balaban J connectivity index is 1.38. The minimum absolute atomic E-state index is 0.898. The van der Waals surface area contributed by atoms with Crippen LogP contribution in [0.15, 0.2) is 128 Å². The van der Waals surface area contributed by atoms with Gasteiger partial charge in [0, 0.05) is 68.2 Å². The maximum absolute atomic E-state index is 5.10. The van der Waals surface area contributed by atoms with E-state index in [9.17, 15) is 0 Å². The highest BCUT2D eigenvalue weighted by Crippen LogP contribution is 2.42. The normalized spacial score (nSPS) is 11.8. The minimum atomic E-state index is 0.898. The predicted octanol–water partition coefficient (Wildman–Crippen LogP) is 8.91. The molecule has 0 bridgehead atoms. The van der Waals surface area contributed by atoms with Crippen molar-refractivity contribution in [2.75, 3.05) is 0 Å². The molecule has 0 radical (unpaired) electrons. The molecule has 5 heterocycles. The number of pyridine rings is 5. The van der Waals surface area contributed by atoms with Crippen LogP contribution < -0.4 is 0 Å². The van der Waals surface area contributed by atoms with Crippen molar-refractivity contribution in [3.63, 3.8) is 0 Å². The lowest BCUT2D eigenvalue weighted by Gasteiger charge is -2.16. The highest BCUT2D eigenvalue weighted by Gasteiger charge is 2.19. The molecular formula is C37H21N5. The molecule has 9 rings (SSSR count). The van der Waals surface area contributed by atoms with E-state index in [-0.39, 0.29) is 0 Å². The summed E-state index contributed by atoms with van der Waals surface area (Å²) in [7, 11) is 0. The summed E-state index contributed by atoms with van der Waals surface area (Å²) in [5.41, 5.74) is 9.89. The first-order valence-corrected chi connectivity index (χ1v) is 13.9. The Morgan fingerprint density at radius 2 is 0.929 bits per heavy atom. The van der Waals surface area contributed by atoms with E-state index in [1.54, 1.807) is 0 Å². The zero-order chi connectivity index (χ0) is 27.6. The quantitative estimate of drug-likeness (QED) is 0.163. The maximum atomic E-state index is 5.10. The molecule has 0 atom stereocenters. The predicted molar refractivity (Wildman–Crippen MR) is 171 cm³/mol. The molecule has 194 valence electrons. The second-order valence-corrected chi connectivity index (χ2v) is 10.5. The van der Waals surface area contributed by atoms with Crippen LogP contribution in [-0.2, 0) is 0 Å². The van der Waals surface area contributed by atoms with Crippen molar-refractivity contribution in [1.82, 2.24) is 24.9 Å². The van der Waals surface area contributed by atoms with Crippen molar-refractivity contribution in [2.45, 2.75) is 0 Å². The SMILES string of the molecule is c1cnc2c(c1)ccc1c(-c3ccc(-c4c5ccccc5nc5c4ccc4cccnc45)c4ncccc34)ccnc12. The summed E-state index contributed by atoms with van der Waals surface area (Å²) in [6, 6.07) is 35.7. The molecule has 0 saturated heterocycles. The Morgan fingerprint density at radius 1 is 0.333 bits per heavy atom. The summed E-state index contributed by atoms with van der Waals surface area (Å²) in [6.07, 6.45) is 7.41. The summed E-state index contributed by atoms with van der Waals surface area (Å²) in [5.74, 6) is 0. The fourth-order valence-corrected chi connectivity index (χ4v) is 6.38. The molecule has 42 heavy (non-hydrogen) atoms. The van der Waals surface area contributed by atoms with Crippen molar-refractivity contribution in [1.29, 1.82) is 0 Å². The molecule has 0 aliphatic carbocycles. The largest absolute Gasteiger partial charge is 0.256 e. The first-order valence-electron chi connectivity index (χ1n) is 13.9. The standard InChI is InChI=1S/C37H21N5/c1-2-10-31-28(8-1)32(30-14-12-23-7-4-19-39-34(23)37(30)42-31)29-16-15-24(26-9-5-20-40-35(26)29)25-17-21-41-36-27(25)13-11-22-6-3-18-38-33(22)36/h1-21H. The van der Waals surface area contributed by atoms with Crippen LogP contribution in [0.5, 0.6) is 0 Å². The van der Waals surface area contributed by atoms with Crippen LogP contribution in [0.2, 0.25) is 0 Å². The number of hydrogen-bond donors (Lipinski definition) is 0. The molecule has 0 fully saturated rings.